The highest BCUT2D eigenvalue weighted by molar-refractivity contribution is 5.86. The van der Waals surface area contributed by atoms with Gasteiger partial charge in [-0.3, -0.25) is 0 Å². The quantitative estimate of drug-likeness (QED) is 0.546. The fraction of sp³-hybridized carbons (Fsp3) is 0.0833. The zero-order valence-corrected chi connectivity index (χ0v) is 7.04. The van der Waals surface area contributed by atoms with Crippen molar-refractivity contribution < 1.29 is 0 Å². The van der Waals surface area contributed by atoms with Crippen molar-refractivity contribution >= 4 is 10.8 Å². The van der Waals surface area contributed by atoms with Crippen molar-refractivity contribution in [1.29, 1.82) is 0 Å². The average Bonchev–Trinajstić information content (AvgIpc) is 2.04. The molecule has 0 N–H and O–H groups in total. The van der Waals surface area contributed by atoms with E-state index < -0.39 is 0 Å². The van der Waals surface area contributed by atoms with Crippen LogP contribution < -0.4 is 0 Å². The first-order valence-corrected chi connectivity index (χ1v) is 4.02. The first-order valence-electron chi connectivity index (χ1n) is 4.02. The number of aryl methyl sites for hydroxylation is 1. The Morgan fingerprint density at radius 3 is 2.67 bits per heavy atom. The maximum absolute atomic E-state index is 5.86. The minimum Gasteiger partial charge on any atom is -0.0616 e. The molecule has 0 spiro atoms. The smallest absolute Gasteiger partial charge is 0.000534 e. The van der Waals surface area contributed by atoms with Crippen molar-refractivity contribution in [3.63, 3.8) is 0 Å². The van der Waals surface area contributed by atoms with Crippen LogP contribution in [-0.2, 0) is 0 Å². The Hall–Kier alpha value is -1.30. The van der Waals surface area contributed by atoms with Gasteiger partial charge in [0.05, 0.1) is 0 Å². The maximum Gasteiger partial charge on any atom is -0.000534 e. The second-order valence-electron chi connectivity index (χ2n) is 3.08. The number of rotatable bonds is 0. The summed E-state index contributed by atoms with van der Waals surface area (Å²) in [5.74, 6) is 0. The molecule has 0 nitrogen and oxygen atoms in total. The van der Waals surface area contributed by atoms with Crippen molar-refractivity contribution in [1.82, 2.24) is 0 Å². The van der Waals surface area contributed by atoms with Gasteiger partial charge in [0.15, 0.2) is 0 Å². The van der Waals surface area contributed by atoms with E-state index >= 15 is 0 Å². The Morgan fingerprint density at radius 1 is 1.08 bits per heavy atom. The highest BCUT2D eigenvalue weighted by Gasteiger charge is 1.96. The molecule has 58 valence electrons. The Morgan fingerprint density at radius 2 is 1.83 bits per heavy atom. The fourth-order valence-electron chi connectivity index (χ4n) is 1.50. The Kier molecular flexibility index (Phi) is 1.61. The third-order valence-corrected chi connectivity index (χ3v) is 2.04. The molecule has 0 amide bonds. The average molecular weight is 154 g/mol. The van der Waals surface area contributed by atoms with Gasteiger partial charge in [0.2, 0.25) is 0 Å². The Balaban J connectivity index is 2.89. The molecule has 0 saturated heterocycles. The van der Waals surface area contributed by atoms with Crippen LogP contribution in [0.3, 0.4) is 0 Å². The van der Waals surface area contributed by atoms with E-state index in [1.54, 1.807) is 0 Å². The lowest BCUT2D eigenvalue weighted by molar-refractivity contribution is 1.48. The molecule has 2 radical (unpaired) electrons. The standard InChI is InChI=1S/C12H10/c1-9-7-10(2)12-6-4-3-5-11(12)8-9/h2-8H,1H3. The van der Waals surface area contributed by atoms with Gasteiger partial charge in [0.25, 0.3) is 0 Å². The summed E-state index contributed by atoms with van der Waals surface area (Å²) in [4.78, 5) is 0. The maximum atomic E-state index is 5.86. The van der Waals surface area contributed by atoms with Crippen LogP contribution in [0.4, 0.5) is 0 Å². The van der Waals surface area contributed by atoms with Gasteiger partial charge in [-0.25, -0.2) is 0 Å². The van der Waals surface area contributed by atoms with Crippen LogP contribution in [0, 0.1) is 13.8 Å². The van der Waals surface area contributed by atoms with Crippen LogP contribution in [0.25, 0.3) is 10.8 Å². The number of fused-ring (bicyclic) bond motifs is 1. The van der Waals surface area contributed by atoms with E-state index in [4.69, 9.17) is 6.92 Å². The van der Waals surface area contributed by atoms with Gasteiger partial charge >= 0.3 is 0 Å². The van der Waals surface area contributed by atoms with Crippen LogP contribution in [-0.4, -0.2) is 0 Å². The zero-order chi connectivity index (χ0) is 8.55. The third kappa shape index (κ3) is 1.10. The highest BCUT2D eigenvalue weighted by atomic mass is 14.0. The van der Waals surface area contributed by atoms with E-state index in [0.29, 0.717) is 0 Å². The molecule has 0 heteroatoms. The van der Waals surface area contributed by atoms with Crippen LogP contribution in [0.5, 0.6) is 0 Å². The van der Waals surface area contributed by atoms with Crippen LogP contribution in [0.1, 0.15) is 11.1 Å². The van der Waals surface area contributed by atoms with Crippen LogP contribution in [0.15, 0.2) is 36.4 Å². The Labute approximate surface area is 72.8 Å². The van der Waals surface area contributed by atoms with Gasteiger partial charge in [0, 0.05) is 0 Å². The van der Waals surface area contributed by atoms with Gasteiger partial charge < -0.3 is 0 Å². The monoisotopic (exact) mass is 154 g/mol. The van der Waals surface area contributed by atoms with E-state index in [9.17, 15) is 0 Å². The van der Waals surface area contributed by atoms with E-state index in [2.05, 4.69) is 19.1 Å². The SMILES string of the molecule is [CH]c1cc(C)cc2ccccc12. The van der Waals surface area contributed by atoms with Crippen molar-refractivity contribution in [2.45, 2.75) is 6.92 Å². The summed E-state index contributed by atoms with van der Waals surface area (Å²) in [6, 6.07) is 12.3. The molecule has 0 fully saturated rings. The summed E-state index contributed by atoms with van der Waals surface area (Å²) in [5.41, 5.74) is 2.08. The van der Waals surface area contributed by atoms with E-state index in [0.717, 1.165) is 10.9 Å². The van der Waals surface area contributed by atoms with Gasteiger partial charge in [-0.1, -0.05) is 42.0 Å². The summed E-state index contributed by atoms with van der Waals surface area (Å²) in [6.45, 7) is 7.92. The predicted molar refractivity (Wildman–Crippen MR) is 52.1 cm³/mol. The molecular weight excluding hydrogens is 144 g/mol. The topological polar surface area (TPSA) is 0 Å². The molecule has 0 aromatic heterocycles. The number of benzene rings is 2. The van der Waals surface area contributed by atoms with Gasteiger partial charge in [0.1, 0.15) is 0 Å². The molecular formula is C12H10. The fourth-order valence-corrected chi connectivity index (χ4v) is 1.50. The summed E-state index contributed by atoms with van der Waals surface area (Å²) < 4.78 is 0. The van der Waals surface area contributed by atoms with Crippen molar-refractivity contribution in [3.05, 3.63) is 54.4 Å². The van der Waals surface area contributed by atoms with E-state index in [1.807, 2.05) is 24.3 Å². The minimum atomic E-state index is 0.866. The molecule has 0 aliphatic carbocycles. The molecule has 0 bridgehead atoms. The largest absolute Gasteiger partial charge is 0.0616 e. The van der Waals surface area contributed by atoms with Crippen LogP contribution in [0.2, 0.25) is 0 Å². The molecule has 0 unspecified atom stereocenters. The molecule has 0 saturated carbocycles. The van der Waals surface area contributed by atoms with Crippen molar-refractivity contribution in [3.8, 4) is 0 Å². The molecule has 0 aliphatic heterocycles. The van der Waals surface area contributed by atoms with E-state index in [1.165, 1.54) is 10.9 Å². The normalized spacial score (nSPS) is 10.5. The molecule has 0 heterocycles. The summed E-state index contributed by atoms with van der Waals surface area (Å²) >= 11 is 0. The zero-order valence-electron chi connectivity index (χ0n) is 7.04. The molecule has 0 aliphatic rings. The number of hydrogen-bond donors (Lipinski definition) is 0. The molecule has 12 heavy (non-hydrogen) atoms. The Bertz CT molecular complexity index is 413. The van der Waals surface area contributed by atoms with Crippen LogP contribution >= 0.6 is 0 Å². The molecule has 2 aromatic rings. The lowest BCUT2D eigenvalue weighted by Gasteiger charge is -2.02. The first kappa shape index (κ1) is 7.35. The second-order valence-corrected chi connectivity index (χ2v) is 3.08. The summed E-state index contributed by atoms with van der Waals surface area (Å²) in [7, 11) is 0. The summed E-state index contributed by atoms with van der Waals surface area (Å²) in [5, 5.41) is 2.36. The van der Waals surface area contributed by atoms with Gasteiger partial charge in [-0.05, 0) is 30.2 Å². The van der Waals surface area contributed by atoms with Crippen molar-refractivity contribution in [2.24, 2.45) is 0 Å². The van der Waals surface area contributed by atoms with Gasteiger partial charge in [-0.2, -0.15) is 0 Å². The highest BCUT2D eigenvalue weighted by Crippen LogP contribution is 2.19. The molecule has 2 rings (SSSR count). The lowest BCUT2D eigenvalue weighted by atomic mass is 10.0. The predicted octanol–water partition coefficient (Wildman–Crippen LogP) is 3.21. The summed E-state index contributed by atoms with van der Waals surface area (Å²) in [6.07, 6.45) is 0. The van der Waals surface area contributed by atoms with E-state index in [-0.39, 0.29) is 0 Å². The van der Waals surface area contributed by atoms with Gasteiger partial charge in [-0.15, -0.1) is 0 Å². The van der Waals surface area contributed by atoms with Crippen molar-refractivity contribution in [2.75, 3.05) is 0 Å². The second kappa shape index (κ2) is 2.63. The molecule has 2 aromatic carbocycles. The third-order valence-electron chi connectivity index (χ3n) is 2.04. The molecule has 0 atom stereocenters. The lowest BCUT2D eigenvalue weighted by Crippen LogP contribution is -1.80. The number of hydrogen-bond acceptors (Lipinski definition) is 0. The minimum absolute atomic E-state index is 0.866. The first-order chi connectivity index (χ1) is 5.77.